The van der Waals surface area contributed by atoms with Crippen LogP contribution in [0.25, 0.3) is 22.6 Å². The average Bonchev–Trinajstić information content (AvgIpc) is 2.88. The summed E-state index contributed by atoms with van der Waals surface area (Å²) in [7, 11) is 0. The maximum Gasteiger partial charge on any atom is 0.159 e. The third kappa shape index (κ3) is 3.73. The topological polar surface area (TPSA) is 99.4 Å². The van der Waals surface area contributed by atoms with Crippen molar-refractivity contribution in [2.24, 2.45) is 5.73 Å². The number of nitrogens with one attached hydrogen (secondary N) is 1. The molecule has 3 aromatic rings. The van der Waals surface area contributed by atoms with Crippen molar-refractivity contribution in [1.29, 1.82) is 0 Å². The van der Waals surface area contributed by atoms with Crippen molar-refractivity contribution in [2.75, 3.05) is 31.6 Å². The fourth-order valence-electron chi connectivity index (χ4n) is 3.41. The fraction of sp³-hybridized carbons (Fsp3) is 0.238. The number of benzene rings is 2. The molecule has 148 valence electrons. The van der Waals surface area contributed by atoms with Gasteiger partial charge in [0.2, 0.25) is 0 Å². The number of anilines is 1. The Morgan fingerprint density at radius 1 is 1.14 bits per heavy atom. The van der Waals surface area contributed by atoms with Gasteiger partial charge < -0.3 is 25.5 Å². The van der Waals surface area contributed by atoms with Crippen molar-refractivity contribution in [1.82, 2.24) is 14.4 Å². The van der Waals surface area contributed by atoms with Crippen LogP contribution in [0, 0.1) is 5.21 Å². The molecule has 0 spiro atoms. The molecule has 2 aliphatic rings. The third-order valence-electron chi connectivity index (χ3n) is 5.03. The summed E-state index contributed by atoms with van der Waals surface area (Å²) in [4.78, 5) is 10.4. The quantitative estimate of drug-likeness (QED) is 0.638. The molecular formula is C21H20N5O2S-. The molecule has 0 aliphatic carbocycles. The normalized spacial score (nSPS) is 18.5. The number of fused-ring (bicyclic) bond motifs is 2. The van der Waals surface area contributed by atoms with Crippen molar-refractivity contribution in [3.63, 3.8) is 0 Å². The molecule has 29 heavy (non-hydrogen) atoms. The number of ether oxygens (including phenoxy) is 1. The number of rotatable bonds is 4. The van der Waals surface area contributed by atoms with Crippen LogP contribution >= 0.6 is 11.9 Å². The van der Waals surface area contributed by atoms with Crippen molar-refractivity contribution in [2.45, 2.75) is 10.4 Å². The number of hydroxylamine groups is 1. The number of nitrogens with two attached hydrogens (primary N) is 1. The maximum absolute atomic E-state index is 12.4. The van der Waals surface area contributed by atoms with Gasteiger partial charge in [-0.3, -0.25) is 0 Å². The number of para-hydroxylation sites is 1. The molecule has 0 atom stereocenters. The predicted octanol–water partition coefficient (Wildman–Crippen LogP) is 3.13. The van der Waals surface area contributed by atoms with Gasteiger partial charge in [0.05, 0.1) is 24.3 Å². The Bertz CT molecular complexity index is 1100. The van der Waals surface area contributed by atoms with Crippen LogP contribution < -0.4 is 11.1 Å². The summed E-state index contributed by atoms with van der Waals surface area (Å²) >= 11 is 1.19. The second kappa shape index (κ2) is 7.40. The number of nitrogens with zero attached hydrogens (tertiary/aromatic N) is 3. The van der Waals surface area contributed by atoms with Crippen molar-refractivity contribution in [3.05, 3.63) is 65.1 Å². The first kappa shape index (κ1) is 18.5. The third-order valence-corrected chi connectivity index (χ3v) is 5.93. The highest BCUT2D eigenvalue weighted by Crippen LogP contribution is 2.34. The Labute approximate surface area is 172 Å². The zero-order valence-corrected chi connectivity index (χ0v) is 16.5. The monoisotopic (exact) mass is 406 g/mol. The van der Waals surface area contributed by atoms with Gasteiger partial charge in [-0.15, -0.1) is 0 Å². The van der Waals surface area contributed by atoms with Crippen LogP contribution in [0.1, 0.15) is 11.4 Å². The van der Waals surface area contributed by atoms with Crippen LogP contribution in [0.3, 0.4) is 0 Å². The Kier molecular flexibility index (Phi) is 4.73. The summed E-state index contributed by atoms with van der Waals surface area (Å²) in [6.07, 6.45) is 2.00. The molecule has 3 heterocycles. The van der Waals surface area contributed by atoms with Crippen LogP contribution in [-0.4, -0.2) is 46.3 Å². The van der Waals surface area contributed by atoms with E-state index >= 15 is 0 Å². The summed E-state index contributed by atoms with van der Waals surface area (Å²) < 4.78 is 6.20. The number of hydrogen-bond donors (Lipinski definition) is 2. The second-order valence-electron chi connectivity index (χ2n) is 7.41. The molecule has 3 N–H and O–H groups in total. The molecule has 7 nitrogen and oxygen atoms in total. The van der Waals surface area contributed by atoms with E-state index in [1.54, 1.807) is 0 Å². The van der Waals surface area contributed by atoms with Crippen LogP contribution in [0.15, 0.2) is 53.4 Å². The lowest BCUT2D eigenvalue weighted by molar-refractivity contribution is -0.0461. The van der Waals surface area contributed by atoms with E-state index in [4.69, 9.17) is 20.4 Å². The summed E-state index contributed by atoms with van der Waals surface area (Å²) in [6, 6.07) is 15.7. The molecular weight excluding hydrogens is 386 g/mol. The van der Waals surface area contributed by atoms with E-state index in [-0.39, 0.29) is 12.1 Å². The van der Waals surface area contributed by atoms with Crippen molar-refractivity contribution < 1.29 is 4.74 Å². The molecule has 1 fully saturated rings. The molecule has 0 radical (unpaired) electrons. The first-order valence-electron chi connectivity index (χ1n) is 9.40. The molecule has 1 aromatic heterocycles. The summed E-state index contributed by atoms with van der Waals surface area (Å²) in [5, 5.41) is 16.7. The highest BCUT2D eigenvalue weighted by atomic mass is 32.2. The zero-order chi connectivity index (χ0) is 19.8. The van der Waals surface area contributed by atoms with E-state index in [9.17, 15) is 5.21 Å². The molecule has 0 bridgehead atoms. The first-order chi connectivity index (χ1) is 14.1. The van der Waals surface area contributed by atoms with E-state index in [0.717, 1.165) is 31.4 Å². The second-order valence-corrected chi connectivity index (χ2v) is 8.44. The Morgan fingerprint density at radius 3 is 2.76 bits per heavy atom. The molecule has 5 rings (SSSR count). The standard InChI is InChI=1S/C21H20N5O2S/c22-21(12-28-13-21)11-23-20-16-6-2-3-7-17(16)24-19(25-20)15-9-14-5-1-4-8-18(14)29-26(27)10-15/h1-9H,10-13,22H2,(H,23,24,25)/q-1. The van der Waals surface area contributed by atoms with Gasteiger partial charge in [-0.1, -0.05) is 42.3 Å². The van der Waals surface area contributed by atoms with Crippen molar-refractivity contribution >= 4 is 40.3 Å². The van der Waals surface area contributed by atoms with Gasteiger partial charge in [-0.2, -0.15) is 0 Å². The molecule has 2 aromatic carbocycles. The van der Waals surface area contributed by atoms with Gasteiger partial charge >= 0.3 is 0 Å². The molecule has 0 unspecified atom stereocenters. The van der Waals surface area contributed by atoms with Gasteiger partial charge in [0.15, 0.2) is 5.82 Å². The zero-order valence-electron chi connectivity index (χ0n) is 15.7. The minimum absolute atomic E-state index is 0.200. The van der Waals surface area contributed by atoms with Gasteiger partial charge in [-0.05, 0) is 29.8 Å². The van der Waals surface area contributed by atoms with Crippen LogP contribution in [0.5, 0.6) is 0 Å². The average molecular weight is 406 g/mol. The first-order valence-corrected chi connectivity index (χ1v) is 10.2. The van der Waals surface area contributed by atoms with Gasteiger partial charge in [0, 0.05) is 28.9 Å². The highest BCUT2D eigenvalue weighted by molar-refractivity contribution is 7.97. The smallest absolute Gasteiger partial charge is 0.159 e. The molecule has 0 saturated carbocycles. The predicted molar refractivity (Wildman–Crippen MR) is 116 cm³/mol. The number of hydrogen-bond acceptors (Lipinski definition) is 8. The molecule has 0 amide bonds. The SMILES string of the molecule is NC1(CNc2nc(C3=Cc4ccccc4SN([O-])C3)nc3ccccc23)COC1. The van der Waals surface area contributed by atoms with Gasteiger partial charge in [0.25, 0.3) is 0 Å². The van der Waals surface area contributed by atoms with E-state index < -0.39 is 0 Å². The van der Waals surface area contributed by atoms with Crippen LogP contribution in [0.2, 0.25) is 0 Å². The Hall–Kier alpha value is -2.49. The van der Waals surface area contributed by atoms with E-state index in [1.807, 2.05) is 54.6 Å². The summed E-state index contributed by atoms with van der Waals surface area (Å²) in [5.41, 5.74) is 8.48. The van der Waals surface area contributed by atoms with E-state index in [0.29, 0.717) is 31.4 Å². The molecule has 2 aliphatic heterocycles. The minimum Gasteiger partial charge on any atom is -0.775 e. The summed E-state index contributed by atoms with van der Waals surface area (Å²) in [5.74, 6) is 1.26. The van der Waals surface area contributed by atoms with Gasteiger partial charge in [-0.25, -0.2) is 9.97 Å². The van der Waals surface area contributed by atoms with E-state index in [1.165, 1.54) is 11.9 Å². The van der Waals surface area contributed by atoms with Gasteiger partial charge in [0.1, 0.15) is 5.82 Å². The fourth-order valence-corrected chi connectivity index (χ4v) is 4.21. The number of aromatic nitrogens is 2. The lowest BCUT2D eigenvalue weighted by atomic mass is 9.99. The highest BCUT2D eigenvalue weighted by Gasteiger charge is 2.34. The lowest BCUT2D eigenvalue weighted by Gasteiger charge is -2.37. The maximum atomic E-state index is 12.4. The Morgan fingerprint density at radius 2 is 1.93 bits per heavy atom. The lowest BCUT2D eigenvalue weighted by Crippen LogP contribution is -2.61. The Balaban J connectivity index is 1.57. The van der Waals surface area contributed by atoms with Crippen LogP contribution in [-0.2, 0) is 4.74 Å². The van der Waals surface area contributed by atoms with Crippen LogP contribution in [0.4, 0.5) is 5.82 Å². The molecule has 8 heteroatoms. The summed E-state index contributed by atoms with van der Waals surface area (Å²) in [6.45, 7) is 1.81. The minimum atomic E-state index is -0.380. The van der Waals surface area contributed by atoms with E-state index in [2.05, 4.69) is 5.32 Å². The van der Waals surface area contributed by atoms with Crippen molar-refractivity contribution in [3.8, 4) is 0 Å². The molecule has 1 saturated heterocycles. The largest absolute Gasteiger partial charge is 0.775 e.